The normalized spacial score (nSPS) is 39.9. The Bertz CT molecular complexity index is 1050. The van der Waals surface area contributed by atoms with Crippen LogP contribution in [-0.4, -0.2) is 95.0 Å². The summed E-state index contributed by atoms with van der Waals surface area (Å²) in [4.78, 5) is 109. The first-order chi connectivity index (χ1) is 16.4. The Hall–Kier alpha value is -3.44. The summed E-state index contributed by atoms with van der Waals surface area (Å²) in [5, 5.41) is 0. The van der Waals surface area contributed by atoms with Crippen LogP contribution in [0.5, 0.6) is 0 Å². The topological polar surface area (TPSA) is 150 Å². The van der Waals surface area contributed by atoms with Crippen LogP contribution in [0.15, 0.2) is 0 Å². The molecule has 0 spiro atoms. The van der Waals surface area contributed by atoms with Gasteiger partial charge in [0.2, 0.25) is 47.3 Å². The predicted molar refractivity (Wildman–Crippen MR) is 113 cm³/mol. The number of amides is 8. The van der Waals surface area contributed by atoms with E-state index in [1.165, 1.54) is 28.2 Å². The van der Waals surface area contributed by atoms with Gasteiger partial charge < -0.3 is 0 Å². The maximum absolute atomic E-state index is 13.3. The molecular weight excluding hydrogens is 460 g/mol. The van der Waals surface area contributed by atoms with E-state index in [1.54, 1.807) is 0 Å². The van der Waals surface area contributed by atoms with Gasteiger partial charge in [-0.15, -0.1) is 0 Å². The van der Waals surface area contributed by atoms with Gasteiger partial charge in [-0.2, -0.15) is 0 Å². The largest absolute Gasteiger partial charge is 0.285 e. The fraction of sp³-hybridized carbons (Fsp3) is 0.652. The number of nitrogens with zero attached hydrogens (tertiary/aromatic N) is 4. The van der Waals surface area contributed by atoms with Crippen molar-refractivity contribution in [3.8, 4) is 0 Å². The third-order valence-corrected chi connectivity index (χ3v) is 8.87. The molecule has 35 heavy (non-hydrogen) atoms. The lowest BCUT2D eigenvalue weighted by Crippen LogP contribution is -2.58. The van der Waals surface area contributed by atoms with Crippen LogP contribution in [0.3, 0.4) is 0 Å². The fourth-order valence-corrected chi connectivity index (χ4v) is 6.90. The summed E-state index contributed by atoms with van der Waals surface area (Å²) < 4.78 is 0. The standard InChI is InChI=1S/C23H26N4O8/c1-24-16(28)8-5-9(17(24)29)11-7-13(21(33)26(3)19(11)31)15-14(22(34)27(4)23(15)35)12-6-10(8)18(30)25(2)20(12)32/h8-15H,5-7H2,1-4H3. The lowest BCUT2D eigenvalue weighted by Gasteiger charge is -2.43. The first-order valence-corrected chi connectivity index (χ1v) is 11.6. The molecule has 8 unspecified atom stereocenters. The van der Waals surface area contributed by atoms with Gasteiger partial charge in [-0.05, 0) is 19.3 Å². The minimum atomic E-state index is -1.21. The predicted octanol–water partition coefficient (Wildman–Crippen LogP) is -1.91. The van der Waals surface area contributed by atoms with Crippen molar-refractivity contribution in [2.45, 2.75) is 19.3 Å². The first kappa shape index (κ1) is 23.3. The number of carbonyl (C=O) groups excluding carboxylic acids is 8. The highest BCUT2D eigenvalue weighted by Gasteiger charge is 2.63. The van der Waals surface area contributed by atoms with E-state index >= 15 is 0 Å². The second kappa shape index (κ2) is 7.53. The van der Waals surface area contributed by atoms with Gasteiger partial charge in [0.05, 0.1) is 47.3 Å². The molecule has 1 saturated carbocycles. The summed E-state index contributed by atoms with van der Waals surface area (Å²) in [5.41, 5.74) is 0. The van der Waals surface area contributed by atoms with Crippen molar-refractivity contribution in [3.63, 3.8) is 0 Å². The number of carbonyl (C=O) groups is 8. The molecule has 1 aliphatic carbocycles. The van der Waals surface area contributed by atoms with Crippen molar-refractivity contribution in [1.29, 1.82) is 0 Å². The van der Waals surface area contributed by atoms with E-state index in [-0.39, 0.29) is 19.3 Å². The Morgan fingerprint density at radius 1 is 0.371 bits per heavy atom. The van der Waals surface area contributed by atoms with Gasteiger partial charge in [0.1, 0.15) is 0 Å². The van der Waals surface area contributed by atoms with E-state index in [9.17, 15) is 38.4 Å². The smallest absolute Gasteiger partial charge is 0.233 e. The Morgan fingerprint density at radius 3 is 0.857 bits per heavy atom. The highest BCUT2D eigenvalue weighted by molar-refractivity contribution is 6.12. The van der Waals surface area contributed by atoms with Crippen LogP contribution in [0.4, 0.5) is 0 Å². The zero-order valence-electron chi connectivity index (χ0n) is 19.8. The third kappa shape index (κ3) is 2.91. The van der Waals surface area contributed by atoms with Gasteiger partial charge in [-0.1, -0.05) is 0 Å². The number of hydrogen-bond acceptors (Lipinski definition) is 8. The fourth-order valence-electron chi connectivity index (χ4n) is 6.90. The van der Waals surface area contributed by atoms with Crippen molar-refractivity contribution in [1.82, 2.24) is 19.6 Å². The van der Waals surface area contributed by atoms with E-state index < -0.39 is 94.6 Å². The zero-order valence-corrected chi connectivity index (χ0v) is 19.8. The highest BCUT2D eigenvalue weighted by Crippen LogP contribution is 2.50. The lowest BCUT2D eigenvalue weighted by molar-refractivity contribution is -0.169. The molecule has 8 atom stereocenters. The summed E-state index contributed by atoms with van der Waals surface area (Å²) in [5.74, 6) is -13.6. The van der Waals surface area contributed by atoms with Crippen LogP contribution < -0.4 is 0 Å². The minimum Gasteiger partial charge on any atom is -0.285 e. The number of fused-ring (bicyclic) bond motifs is 11. The molecule has 5 rings (SSSR count). The van der Waals surface area contributed by atoms with Crippen LogP contribution >= 0.6 is 0 Å². The zero-order chi connectivity index (χ0) is 25.7. The summed E-state index contributed by atoms with van der Waals surface area (Å²) in [6, 6.07) is 0. The van der Waals surface area contributed by atoms with E-state index in [0.717, 1.165) is 19.6 Å². The maximum Gasteiger partial charge on any atom is 0.233 e. The molecule has 0 N–H and O–H groups in total. The number of rotatable bonds is 0. The van der Waals surface area contributed by atoms with E-state index in [0.29, 0.717) is 0 Å². The summed E-state index contributed by atoms with van der Waals surface area (Å²) in [6.07, 6.45) is -0.400. The van der Waals surface area contributed by atoms with Crippen molar-refractivity contribution in [3.05, 3.63) is 0 Å². The third-order valence-electron chi connectivity index (χ3n) is 8.87. The Kier molecular flexibility index (Phi) is 5.01. The minimum absolute atomic E-state index is 0.0878. The van der Waals surface area contributed by atoms with E-state index in [4.69, 9.17) is 0 Å². The first-order valence-electron chi connectivity index (χ1n) is 11.6. The summed E-state index contributed by atoms with van der Waals surface area (Å²) in [7, 11) is 5.10. The molecule has 4 aliphatic heterocycles. The summed E-state index contributed by atoms with van der Waals surface area (Å²) >= 11 is 0. The van der Waals surface area contributed by atoms with Gasteiger partial charge >= 0.3 is 0 Å². The van der Waals surface area contributed by atoms with E-state index in [1.807, 2.05) is 0 Å². The van der Waals surface area contributed by atoms with E-state index in [2.05, 4.69) is 0 Å². The molecule has 186 valence electrons. The van der Waals surface area contributed by atoms with Gasteiger partial charge in [0.25, 0.3) is 0 Å². The molecule has 0 aromatic carbocycles. The van der Waals surface area contributed by atoms with Crippen molar-refractivity contribution in [2.75, 3.05) is 28.2 Å². The van der Waals surface area contributed by atoms with Crippen LogP contribution in [0.25, 0.3) is 0 Å². The summed E-state index contributed by atoms with van der Waals surface area (Å²) in [6.45, 7) is 0. The van der Waals surface area contributed by atoms with Gasteiger partial charge in [0, 0.05) is 28.2 Å². The SMILES string of the molecule is CN1C(=O)C2CC(C1=O)C1CC(C(=O)N(C)C1=O)C1C(=O)N(C)C(=O)C1C1CC2C(=O)N(C)C1=O. The number of imide groups is 4. The Balaban J connectivity index is 1.74. The molecule has 12 nitrogen and oxygen atoms in total. The maximum atomic E-state index is 13.3. The molecular formula is C23H26N4O8. The van der Waals surface area contributed by atoms with Crippen LogP contribution in [0, 0.1) is 47.3 Å². The lowest BCUT2D eigenvalue weighted by atomic mass is 9.68. The molecule has 8 amide bonds. The Labute approximate surface area is 200 Å². The molecule has 12 heteroatoms. The molecule has 4 saturated heterocycles. The second-order valence-corrected chi connectivity index (χ2v) is 10.3. The van der Waals surface area contributed by atoms with Gasteiger partial charge in [-0.3, -0.25) is 58.0 Å². The number of likely N-dealkylation sites (tertiary alicyclic amines) is 4. The monoisotopic (exact) mass is 486 g/mol. The molecule has 5 fully saturated rings. The molecule has 4 heterocycles. The van der Waals surface area contributed by atoms with Crippen molar-refractivity contribution < 1.29 is 38.4 Å². The van der Waals surface area contributed by atoms with Crippen molar-refractivity contribution in [2.24, 2.45) is 47.3 Å². The Morgan fingerprint density at radius 2 is 0.571 bits per heavy atom. The molecule has 6 bridgehead atoms. The quantitative estimate of drug-likeness (QED) is 0.360. The molecule has 5 aliphatic rings. The average molecular weight is 486 g/mol. The highest BCUT2D eigenvalue weighted by atomic mass is 16.2. The van der Waals surface area contributed by atoms with Crippen LogP contribution in [0.2, 0.25) is 0 Å². The molecule has 0 radical (unpaired) electrons. The average Bonchev–Trinajstić information content (AvgIpc) is 3.04. The van der Waals surface area contributed by atoms with Crippen LogP contribution in [0.1, 0.15) is 19.3 Å². The second-order valence-electron chi connectivity index (χ2n) is 10.3. The van der Waals surface area contributed by atoms with Gasteiger partial charge in [0.15, 0.2) is 0 Å². The number of piperidine rings is 3. The number of hydrogen-bond donors (Lipinski definition) is 0. The van der Waals surface area contributed by atoms with Gasteiger partial charge in [-0.25, -0.2) is 0 Å². The van der Waals surface area contributed by atoms with Crippen molar-refractivity contribution >= 4 is 47.3 Å². The van der Waals surface area contributed by atoms with Crippen LogP contribution in [-0.2, 0) is 38.4 Å². The molecule has 0 aromatic heterocycles. The molecule has 0 aromatic rings.